The van der Waals surface area contributed by atoms with Crippen molar-refractivity contribution in [3.63, 3.8) is 0 Å². The highest BCUT2D eigenvalue weighted by Crippen LogP contribution is 2.26. The Balaban J connectivity index is 1.94. The van der Waals surface area contributed by atoms with Gasteiger partial charge in [0.05, 0.1) is 17.7 Å². The molecule has 18 heavy (non-hydrogen) atoms. The Morgan fingerprint density at radius 3 is 2.83 bits per heavy atom. The third-order valence-corrected chi connectivity index (χ3v) is 3.74. The van der Waals surface area contributed by atoms with Crippen LogP contribution in [0.4, 0.5) is 0 Å². The van der Waals surface area contributed by atoms with E-state index in [-0.39, 0.29) is 6.10 Å². The summed E-state index contributed by atoms with van der Waals surface area (Å²) in [7, 11) is 2.05. The Morgan fingerprint density at radius 2 is 2.17 bits per heavy atom. The fourth-order valence-corrected chi connectivity index (χ4v) is 2.75. The van der Waals surface area contributed by atoms with Crippen molar-refractivity contribution in [1.29, 1.82) is 5.26 Å². The van der Waals surface area contributed by atoms with E-state index in [2.05, 4.69) is 18.0 Å². The lowest BCUT2D eigenvalue weighted by molar-refractivity contribution is 0.108. The highest BCUT2D eigenvalue weighted by Gasteiger charge is 2.26. The van der Waals surface area contributed by atoms with Gasteiger partial charge < -0.3 is 10.0 Å². The first-order valence-corrected chi connectivity index (χ1v) is 6.55. The Hall–Kier alpha value is -1.37. The summed E-state index contributed by atoms with van der Waals surface area (Å²) < 4.78 is 0. The van der Waals surface area contributed by atoms with Crippen molar-refractivity contribution < 1.29 is 5.11 Å². The highest BCUT2D eigenvalue weighted by molar-refractivity contribution is 5.37. The van der Waals surface area contributed by atoms with Gasteiger partial charge in [-0.25, -0.2) is 0 Å². The van der Waals surface area contributed by atoms with E-state index in [1.54, 1.807) is 0 Å². The molecule has 0 saturated heterocycles. The minimum absolute atomic E-state index is 0.140. The van der Waals surface area contributed by atoms with Gasteiger partial charge in [-0.05, 0) is 37.4 Å². The lowest BCUT2D eigenvalue weighted by Gasteiger charge is -2.23. The molecule has 0 aromatic heterocycles. The summed E-state index contributed by atoms with van der Waals surface area (Å²) in [5.74, 6) is 0.393. The van der Waals surface area contributed by atoms with Crippen molar-refractivity contribution in [2.24, 2.45) is 5.92 Å². The molecule has 1 aliphatic carbocycles. The Labute approximate surface area is 109 Å². The lowest BCUT2D eigenvalue weighted by atomic mass is 10.0. The van der Waals surface area contributed by atoms with E-state index in [0.29, 0.717) is 5.92 Å². The molecular weight excluding hydrogens is 224 g/mol. The first kappa shape index (κ1) is 13.1. The molecule has 1 aliphatic rings. The second kappa shape index (κ2) is 5.99. The first-order valence-electron chi connectivity index (χ1n) is 6.55. The second-order valence-corrected chi connectivity index (χ2v) is 5.22. The number of aliphatic hydroxyl groups excluding tert-OH is 1. The average Bonchev–Trinajstić information content (AvgIpc) is 2.75. The molecule has 3 heteroatoms. The molecule has 0 aliphatic heterocycles. The zero-order valence-electron chi connectivity index (χ0n) is 10.8. The number of aliphatic hydroxyl groups is 1. The van der Waals surface area contributed by atoms with Crippen LogP contribution in [0.5, 0.6) is 0 Å². The van der Waals surface area contributed by atoms with Crippen molar-refractivity contribution in [2.75, 3.05) is 13.6 Å². The maximum Gasteiger partial charge on any atom is 0.0995 e. The fourth-order valence-electron chi connectivity index (χ4n) is 2.75. The molecule has 1 aromatic carbocycles. The Kier molecular flexibility index (Phi) is 4.35. The fraction of sp³-hybridized carbons (Fsp3) is 0.533. The number of nitriles is 1. The maximum atomic E-state index is 9.83. The van der Waals surface area contributed by atoms with E-state index >= 15 is 0 Å². The number of nitrogens with zero attached hydrogens (tertiary/aromatic N) is 2. The third kappa shape index (κ3) is 3.10. The number of benzene rings is 1. The molecule has 1 aromatic rings. The third-order valence-electron chi connectivity index (χ3n) is 3.74. The SMILES string of the molecule is CN(Cc1ccccc1C#N)CC1CCCC1O. The maximum absolute atomic E-state index is 9.83. The zero-order chi connectivity index (χ0) is 13.0. The number of hydrogen-bond acceptors (Lipinski definition) is 3. The van der Waals surface area contributed by atoms with Crippen LogP contribution in [-0.2, 0) is 6.54 Å². The molecule has 1 fully saturated rings. The molecule has 2 unspecified atom stereocenters. The number of hydrogen-bond donors (Lipinski definition) is 1. The first-order chi connectivity index (χ1) is 8.70. The van der Waals surface area contributed by atoms with Crippen LogP contribution in [0.25, 0.3) is 0 Å². The summed E-state index contributed by atoms with van der Waals surface area (Å²) in [5.41, 5.74) is 1.81. The normalized spacial score (nSPS) is 23.2. The van der Waals surface area contributed by atoms with Crippen LogP contribution in [-0.4, -0.2) is 29.7 Å². The summed E-state index contributed by atoms with van der Waals surface area (Å²) in [6, 6.07) is 9.94. The van der Waals surface area contributed by atoms with Gasteiger partial charge in [-0.1, -0.05) is 24.6 Å². The van der Waals surface area contributed by atoms with Crippen molar-refractivity contribution >= 4 is 0 Å². The van der Waals surface area contributed by atoms with Crippen molar-refractivity contribution in [2.45, 2.75) is 31.9 Å². The molecule has 0 spiro atoms. The second-order valence-electron chi connectivity index (χ2n) is 5.22. The van der Waals surface area contributed by atoms with Gasteiger partial charge in [0.25, 0.3) is 0 Å². The van der Waals surface area contributed by atoms with E-state index in [1.807, 2.05) is 24.3 Å². The summed E-state index contributed by atoms with van der Waals surface area (Å²) in [6.45, 7) is 1.67. The van der Waals surface area contributed by atoms with E-state index < -0.39 is 0 Å². The monoisotopic (exact) mass is 244 g/mol. The van der Waals surface area contributed by atoms with Crippen LogP contribution in [0.2, 0.25) is 0 Å². The topological polar surface area (TPSA) is 47.3 Å². The van der Waals surface area contributed by atoms with Crippen LogP contribution < -0.4 is 0 Å². The minimum Gasteiger partial charge on any atom is -0.393 e. The van der Waals surface area contributed by atoms with Gasteiger partial charge in [-0.2, -0.15) is 5.26 Å². The van der Waals surface area contributed by atoms with Gasteiger partial charge >= 0.3 is 0 Å². The molecule has 2 rings (SSSR count). The van der Waals surface area contributed by atoms with Gasteiger partial charge in [0.2, 0.25) is 0 Å². The molecular formula is C15H20N2O. The molecule has 96 valence electrons. The molecule has 3 nitrogen and oxygen atoms in total. The molecule has 0 radical (unpaired) electrons. The van der Waals surface area contributed by atoms with Crippen LogP contribution in [0.1, 0.15) is 30.4 Å². The van der Waals surface area contributed by atoms with Crippen LogP contribution in [0.3, 0.4) is 0 Å². The van der Waals surface area contributed by atoms with E-state index in [0.717, 1.165) is 43.5 Å². The Bertz CT molecular complexity index is 438. The molecule has 2 atom stereocenters. The smallest absolute Gasteiger partial charge is 0.0995 e. The molecule has 1 N–H and O–H groups in total. The van der Waals surface area contributed by atoms with Gasteiger partial charge in [-0.15, -0.1) is 0 Å². The van der Waals surface area contributed by atoms with Gasteiger partial charge in [-0.3, -0.25) is 0 Å². The van der Waals surface area contributed by atoms with E-state index in [4.69, 9.17) is 5.26 Å². The largest absolute Gasteiger partial charge is 0.393 e. The zero-order valence-corrected chi connectivity index (χ0v) is 10.8. The summed E-state index contributed by atoms with van der Waals surface area (Å²) in [5, 5.41) is 18.9. The molecule has 0 heterocycles. The standard InChI is InChI=1S/C15H20N2O/c1-17(11-14-7-4-8-15(14)18)10-13-6-3-2-5-12(13)9-16/h2-3,5-6,14-15,18H,4,7-8,10-11H2,1H3. The van der Waals surface area contributed by atoms with Gasteiger partial charge in [0.1, 0.15) is 0 Å². The summed E-state index contributed by atoms with van der Waals surface area (Å²) in [6.07, 6.45) is 3.05. The van der Waals surface area contributed by atoms with Gasteiger partial charge in [0.15, 0.2) is 0 Å². The lowest BCUT2D eigenvalue weighted by Crippen LogP contribution is -2.29. The summed E-state index contributed by atoms with van der Waals surface area (Å²) in [4.78, 5) is 2.20. The van der Waals surface area contributed by atoms with E-state index in [9.17, 15) is 5.11 Å². The van der Waals surface area contributed by atoms with Crippen LogP contribution in [0, 0.1) is 17.2 Å². The molecule has 0 amide bonds. The minimum atomic E-state index is -0.140. The van der Waals surface area contributed by atoms with E-state index in [1.165, 1.54) is 0 Å². The average molecular weight is 244 g/mol. The van der Waals surface area contributed by atoms with Crippen molar-refractivity contribution in [1.82, 2.24) is 4.90 Å². The predicted octanol–water partition coefficient (Wildman–Crippen LogP) is 2.15. The molecule has 1 saturated carbocycles. The number of rotatable bonds is 4. The van der Waals surface area contributed by atoms with Crippen molar-refractivity contribution in [3.8, 4) is 6.07 Å². The highest BCUT2D eigenvalue weighted by atomic mass is 16.3. The summed E-state index contributed by atoms with van der Waals surface area (Å²) >= 11 is 0. The predicted molar refractivity (Wildman–Crippen MR) is 70.8 cm³/mol. The molecule has 0 bridgehead atoms. The van der Waals surface area contributed by atoms with Crippen LogP contribution >= 0.6 is 0 Å². The van der Waals surface area contributed by atoms with Gasteiger partial charge in [0, 0.05) is 13.1 Å². The quantitative estimate of drug-likeness (QED) is 0.882. The Morgan fingerprint density at radius 1 is 1.39 bits per heavy atom. The van der Waals surface area contributed by atoms with Crippen LogP contribution in [0.15, 0.2) is 24.3 Å². The van der Waals surface area contributed by atoms with Crippen molar-refractivity contribution in [3.05, 3.63) is 35.4 Å².